The van der Waals surface area contributed by atoms with Crippen LogP contribution >= 0.6 is 23.2 Å². The lowest BCUT2D eigenvalue weighted by Gasteiger charge is -2.27. The third-order valence-corrected chi connectivity index (χ3v) is 2.19. The second-order valence-electron chi connectivity index (χ2n) is 4.01. The lowest BCUT2D eigenvalue weighted by atomic mass is 10.1. The van der Waals surface area contributed by atoms with Crippen LogP contribution in [0.4, 0.5) is 5.69 Å². The van der Waals surface area contributed by atoms with Crippen molar-refractivity contribution in [3.63, 3.8) is 0 Å². The molecule has 0 aliphatic rings. The Morgan fingerprint density at radius 2 is 2.00 bits per heavy atom. The standard InChI is InChI=1S/C9H13Cl2N3O/c1-9(2,15)5-14(3)6-4-7(10)12-13-8(6)11/h4,15H,5H2,1-3H3. The molecule has 0 saturated carbocycles. The fourth-order valence-electron chi connectivity index (χ4n) is 1.28. The Morgan fingerprint density at radius 1 is 1.40 bits per heavy atom. The Labute approximate surface area is 98.8 Å². The maximum atomic E-state index is 9.66. The Balaban J connectivity index is 2.90. The molecule has 0 atom stereocenters. The third-order valence-electron chi connectivity index (χ3n) is 1.74. The molecule has 1 aromatic heterocycles. The maximum Gasteiger partial charge on any atom is 0.175 e. The fraction of sp³-hybridized carbons (Fsp3) is 0.556. The van der Waals surface area contributed by atoms with Crippen LogP contribution in [0, 0.1) is 0 Å². The van der Waals surface area contributed by atoms with Crippen LogP contribution in [-0.4, -0.2) is 34.5 Å². The zero-order chi connectivity index (χ0) is 11.6. The van der Waals surface area contributed by atoms with Gasteiger partial charge in [-0.25, -0.2) is 0 Å². The van der Waals surface area contributed by atoms with Gasteiger partial charge >= 0.3 is 0 Å². The fourth-order valence-corrected chi connectivity index (χ4v) is 1.66. The molecule has 1 rings (SSSR count). The van der Waals surface area contributed by atoms with Gasteiger partial charge in [-0.3, -0.25) is 0 Å². The minimum Gasteiger partial charge on any atom is -0.389 e. The van der Waals surface area contributed by atoms with Gasteiger partial charge in [0.05, 0.1) is 11.3 Å². The van der Waals surface area contributed by atoms with Gasteiger partial charge in [0.25, 0.3) is 0 Å². The van der Waals surface area contributed by atoms with Gasteiger partial charge in [0.15, 0.2) is 10.3 Å². The van der Waals surface area contributed by atoms with Crippen LogP contribution in [0.25, 0.3) is 0 Å². The first-order valence-electron chi connectivity index (χ1n) is 4.42. The molecule has 0 aromatic carbocycles. The van der Waals surface area contributed by atoms with Gasteiger partial charge in [0.1, 0.15) is 0 Å². The zero-order valence-corrected chi connectivity index (χ0v) is 10.3. The van der Waals surface area contributed by atoms with Crippen LogP contribution in [0.1, 0.15) is 13.8 Å². The van der Waals surface area contributed by atoms with E-state index in [9.17, 15) is 5.11 Å². The molecule has 0 bridgehead atoms. The van der Waals surface area contributed by atoms with Crippen molar-refractivity contribution in [3.05, 3.63) is 16.4 Å². The number of anilines is 1. The summed E-state index contributed by atoms with van der Waals surface area (Å²) in [6, 6.07) is 1.61. The summed E-state index contributed by atoms with van der Waals surface area (Å²) in [4.78, 5) is 1.78. The van der Waals surface area contributed by atoms with Crippen LogP contribution in [0.5, 0.6) is 0 Å². The topological polar surface area (TPSA) is 49.2 Å². The molecule has 15 heavy (non-hydrogen) atoms. The third kappa shape index (κ3) is 3.81. The van der Waals surface area contributed by atoms with Crippen molar-refractivity contribution in [2.24, 2.45) is 0 Å². The largest absolute Gasteiger partial charge is 0.389 e. The van der Waals surface area contributed by atoms with Gasteiger partial charge in [0.2, 0.25) is 0 Å². The smallest absolute Gasteiger partial charge is 0.175 e. The van der Waals surface area contributed by atoms with Crippen LogP contribution in [0.2, 0.25) is 10.3 Å². The van der Waals surface area contributed by atoms with Crippen LogP contribution in [0.3, 0.4) is 0 Å². The molecule has 0 fully saturated rings. The number of aliphatic hydroxyl groups is 1. The SMILES string of the molecule is CN(CC(C)(C)O)c1cc(Cl)nnc1Cl. The van der Waals surface area contributed by atoms with E-state index in [1.54, 1.807) is 31.9 Å². The lowest BCUT2D eigenvalue weighted by molar-refractivity contribution is 0.0886. The van der Waals surface area contributed by atoms with Gasteiger partial charge in [-0.1, -0.05) is 23.2 Å². The van der Waals surface area contributed by atoms with E-state index in [0.717, 1.165) is 0 Å². The highest BCUT2D eigenvalue weighted by atomic mass is 35.5. The lowest BCUT2D eigenvalue weighted by Crippen LogP contribution is -2.36. The number of nitrogens with zero attached hydrogens (tertiary/aromatic N) is 3. The van der Waals surface area contributed by atoms with E-state index in [-0.39, 0.29) is 10.3 Å². The van der Waals surface area contributed by atoms with Gasteiger partial charge in [-0.15, -0.1) is 10.2 Å². The first-order valence-corrected chi connectivity index (χ1v) is 5.17. The maximum absolute atomic E-state index is 9.66. The van der Waals surface area contributed by atoms with Crippen molar-refractivity contribution in [2.45, 2.75) is 19.4 Å². The molecule has 0 spiro atoms. The minimum atomic E-state index is -0.812. The molecule has 0 aliphatic carbocycles. The Kier molecular flexibility index (Phi) is 3.76. The molecule has 1 aromatic rings. The zero-order valence-electron chi connectivity index (χ0n) is 8.83. The van der Waals surface area contributed by atoms with Crippen LogP contribution in [-0.2, 0) is 0 Å². The van der Waals surface area contributed by atoms with E-state index >= 15 is 0 Å². The summed E-state index contributed by atoms with van der Waals surface area (Å²) >= 11 is 11.6. The van der Waals surface area contributed by atoms with E-state index in [4.69, 9.17) is 23.2 Å². The highest BCUT2D eigenvalue weighted by Gasteiger charge is 2.18. The molecular formula is C9H13Cl2N3O. The molecule has 0 aliphatic heterocycles. The Bertz CT molecular complexity index is 352. The summed E-state index contributed by atoms with van der Waals surface area (Å²) in [5.74, 6) is 0. The van der Waals surface area contributed by atoms with Crippen molar-refractivity contribution in [3.8, 4) is 0 Å². The predicted octanol–water partition coefficient (Wildman–Crippen LogP) is 1.99. The van der Waals surface area contributed by atoms with Gasteiger partial charge in [-0.05, 0) is 13.8 Å². The highest BCUT2D eigenvalue weighted by Crippen LogP contribution is 2.25. The van der Waals surface area contributed by atoms with Crippen molar-refractivity contribution in [1.82, 2.24) is 10.2 Å². The quantitative estimate of drug-likeness (QED) is 0.891. The number of hydrogen-bond acceptors (Lipinski definition) is 4. The number of rotatable bonds is 3. The summed E-state index contributed by atoms with van der Waals surface area (Å²) in [6.45, 7) is 3.86. The van der Waals surface area contributed by atoms with E-state index in [1.807, 2.05) is 0 Å². The molecule has 0 unspecified atom stereocenters. The van der Waals surface area contributed by atoms with Gasteiger partial charge < -0.3 is 10.0 Å². The minimum absolute atomic E-state index is 0.270. The summed E-state index contributed by atoms with van der Waals surface area (Å²) in [5.41, 5.74) is -0.160. The second-order valence-corrected chi connectivity index (χ2v) is 4.76. The molecule has 0 saturated heterocycles. The van der Waals surface area contributed by atoms with Crippen molar-refractivity contribution in [2.75, 3.05) is 18.5 Å². The van der Waals surface area contributed by atoms with E-state index in [1.165, 1.54) is 0 Å². The molecule has 84 valence electrons. The Hall–Kier alpha value is -0.580. The number of aromatic nitrogens is 2. The summed E-state index contributed by atoms with van der Waals surface area (Å²) in [5, 5.41) is 17.5. The monoisotopic (exact) mass is 249 g/mol. The normalized spacial score (nSPS) is 11.6. The van der Waals surface area contributed by atoms with Crippen molar-refractivity contribution < 1.29 is 5.11 Å². The summed E-state index contributed by atoms with van der Waals surface area (Å²) < 4.78 is 0. The van der Waals surface area contributed by atoms with E-state index in [0.29, 0.717) is 12.2 Å². The molecule has 1 heterocycles. The van der Waals surface area contributed by atoms with Crippen molar-refractivity contribution >= 4 is 28.9 Å². The van der Waals surface area contributed by atoms with Crippen LogP contribution in [0.15, 0.2) is 6.07 Å². The summed E-state index contributed by atoms with van der Waals surface area (Å²) in [7, 11) is 1.80. The predicted molar refractivity (Wildman–Crippen MR) is 61.6 cm³/mol. The van der Waals surface area contributed by atoms with Gasteiger partial charge in [-0.2, -0.15) is 0 Å². The van der Waals surface area contributed by atoms with E-state index in [2.05, 4.69) is 10.2 Å². The second kappa shape index (κ2) is 4.51. The average molecular weight is 250 g/mol. The molecule has 6 heteroatoms. The molecule has 1 N–H and O–H groups in total. The first-order chi connectivity index (χ1) is 6.79. The Morgan fingerprint density at radius 3 is 2.53 bits per heavy atom. The number of hydrogen-bond donors (Lipinski definition) is 1. The van der Waals surface area contributed by atoms with E-state index < -0.39 is 5.60 Å². The highest BCUT2D eigenvalue weighted by molar-refractivity contribution is 6.33. The number of halogens is 2. The summed E-state index contributed by atoms with van der Waals surface area (Å²) in [6.07, 6.45) is 0. The molecular weight excluding hydrogens is 237 g/mol. The number of likely N-dealkylation sites (N-methyl/N-ethyl adjacent to an activating group) is 1. The van der Waals surface area contributed by atoms with Gasteiger partial charge in [0, 0.05) is 19.7 Å². The first kappa shape index (κ1) is 12.5. The van der Waals surface area contributed by atoms with Crippen LogP contribution < -0.4 is 4.90 Å². The average Bonchev–Trinajstić information content (AvgIpc) is 2.06. The molecule has 0 radical (unpaired) electrons. The van der Waals surface area contributed by atoms with Crippen molar-refractivity contribution in [1.29, 1.82) is 0 Å². The molecule has 0 amide bonds. The molecule has 4 nitrogen and oxygen atoms in total.